The van der Waals surface area contributed by atoms with Gasteiger partial charge in [0, 0.05) is 0 Å². The Hall–Kier alpha value is -1.71. The van der Waals surface area contributed by atoms with Gasteiger partial charge < -0.3 is 15.2 Å². The van der Waals surface area contributed by atoms with Gasteiger partial charge in [-0.2, -0.15) is 0 Å². The summed E-state index contributed by atoms with van der Waals surface area (Å²) in [4.78, 5) is 11.0. The first kappa shape index (κ1) is 7.67. The lowest BCUT2D eigenvalue weighted by molar-refractivity contribution is -0.119. The van der Waals surface area contributed by atoms with E-state index in [0.717, 1.165) is 29.0 Å². The highest BCUT2D eigenvalue weighted by Gasteiger charge is 2.33. The maximum atomic E-state index is 11.0. The number of fused-ring (bicyclic) bond motifs is 2. The van der Waals surface area contributed by atoms with Crippen molar-refractivity contribution >= 4 is 5.91 Å². The maximum Gasteiger partial charge on any atom is 0.231 e. The zero-order valence-electron chi connectivity index (χ0n) is 7.45. The van der Waals surface area contributed by atoms with Crippen LogP contribution in [0.15, 0.2) is 12.1 Å². The molecule has 3 rings (SSSR count). The largest absolute Gasteiger partial charge is 0.454 e. The highest BCUT2D eigenvalue weighted by Crippen LogP contribution is 2.43. The molecule has 4 heteroatoms. The quantitative estimate of drug-likeness (QED) is 0.704. The van der Waals surface area contributed by atoms with Crippen molar-refractivity contribution in [3.63, 3.8) is 0 Å². The fourth-order valence-corrected chi connectivity index (χ4v) is 1.95. The summed E-state index contributed by atoms with van der Waals surface area (Å²) in [5.74, 6) is 1.08. The van der Waals surface area contributed by atoms with E-state index in [9.17, 15) is 4.79 Å². The fraction of sp³-hybridized carbons (Fsp3) is 0.300. The number of ether oxygens (including phenoxy) is 2. The first-order valence-electron chi connectivity index (χ1n) is 4.47. The number of hydrogen-bond acceptors (Lipinski definition) is 3. The highest BCUT2D eigenvalue weighted by atomic mass is 16.7. The molecule has 4 nitrogen and oxygen atoms in total. The predicted octanol–water partition coefficient (Wildman–Crippen LogP) is 0.540. The summed E-state index contributed by atoms with van der Waals surface area (Å²) in [6.45, 7) is 0.263. The van der Waals surface area contributed by atoms with Crippen molar-refractivity contribution in [1.29, 1.82) is 0 Å². The van der Waals surface area contributed by atoms with E-state index in [0.29, 0.717) is 0 Å². The van der Waals surface area contributed by atoms with Gasteiger partial charge in [0.2, 0.25) is 12.7 Å². The Bertz CT molecular complexity index is 428. The number of carbonyl (C=O) groups is 1. The Morgan fingerprint density at radius 1 is 1.36 bits per heavy atom. The van der Waals surface area contributed by atoms with Crippen LogP contribution in [0.25, 0.3) is 0 Å². The third kappa shape index (κ3) is 0.852. The van der Waals surface area contributed by atoms with Gasteiger partial charge in [-0.05, 0) is 29.7 Å². The van der Waals surface area contributed by atoms with E-state index in [2.05, 4.69) is 0 Å². The van der Waals surface area contributed by atoms with Gasteiger partial charge in [0.15, 0.2) is 11.5 Å². The molecule has 0 spiro atoms. The molecule has 0 radical (unpaired) electrons. The SMILES string of the molecule is NC(=O)C1Cc2cc3c(cc21)OCO3. The summed E-state index contributed by atoms with van der Waals surface area (Å²) in [5, 5.41) is 0. The van der Waals surface area contributed by atoms with Crippen molar-refractivity contribution in [2.24, 2.45) is 5.73 Å². The zero-order valence-corrected chi connectivity index (χ0v) is 7.45. The number of rotatable bonds is 1. The Kier molecular flexibility index (Phi) is 1.32. The summed E-state index contributed by atoms with van der Waals surface area (Å²) in [7, 11) is 0. The van der Waals surface area contributed by atoms with Crippen LogP contribution in [0.1, 0.15) is 17.0 Å². The summed E-state index contributed by atoms with van der Waals surface area (Å²) in [6, 6.07) is 3.79. The molecule has 1 aromatic carbocycles. The number of hydrogen-bond donors (Lipinski definition) is 1. The van der Waals surface area contributed by atoms with Crippen LogP contribution in [0.2, 0.25) is 0 Å². The lowest BCUT2D eigenvalue weighted by Crippen LogP contribution is -2.30. The number of benzene rings is 1. The summed E-state index contributed by atoms with van der Waals surface area (Å²) >= 11 is 0. The van der Waals surface area contributed by atoms with Gasteiger partial charge in [0.25, 0.3) is 0 Å². The number of carbonyl (C=O) groups excluding carboxylic acids is 1. The van der Waals surface area contributed by atoms with Crippen LogP contribution in [0, 0.1) is 0 Å². The monoisotopic (exact) mass is 191 g/mol. The molecule has 0 saturated carbocycles. The minimum atomic E-state index is -0.267. The lowest BCUT2D eigenvalue weighted by Gasteiger charge is -2.27. The molecule has 1 heterocycles. The molecule has 1 amide bonds. The summed E-state index contributed by atoms with van der Waals surface area (Å²) in [6.07, 6.45) is 0.724. The van der Waals surface area contributed by atoms with E-state index in [1.165, 1.54) is 0 Å². The van der Waals surface area contributed by atoms with Gasteiger partial charge in [0.1, 0.15) is 0 Å². The second kappa shape index (κ2) is 2.41. The van der Waals surface area contributed by atoms with Crippen LogP contribution in [-0.4, -0.2) is 12.7 Å². The average Bonchev–Trinajstić information content (AvgIpc) is 2.54. The van der Waals surface area contributed by atoms with Crippen molar-refractivity contribution in [2.75, 3.05) is 6.79 Å². The molecule has 72 valence electrons. The molecule has 0 bridgehead atoms. The van der Waals surface area contributed by atoms with Crippen molar-refractivity contribution in [3.05, 3.63) is 23.3 Å². The van der Waals surface area contributed by atoms with Crippen LogP contribution in [0.4, 0.5) is 0 Å². The van der Waals surface area contributed by atoms with Crippen LogP contribution < -0.4 is 15.2 Å². The van der Waals surface area contributed by atoms with E-state index in [-0.39, 0.29) is 18.6 Å². The van der Waals surface area contributed by atoms with Gasteiger partial charge >= 0.3 is 0 Å². The molecule has 1 aliphatic heterocycles. The second-order valence-electron chi connectivity index (χ2n) is 3.56. The molecular weight excluding hydrogens is 182 g/mol. The molecule has 14 heavy (non-hydrogen) atoms. The Balaban J connectivity index is 2.06. The van der Waals surface area contributed by atoms with Crippen molar-refractivity contribution in [2.45, 2.75) is 12.3 Å². The third-order valence-electron chi connectivity index (χ3n) is 2.78. The van der Waals surface area contributed by atoms with E-state index in [1.807, 2.05) is 12.1 Å². The topological polar surface area (TPSA) is 61.6 Å². The summed E-state index contributed by atoms with van der Waals surface area (Å²) in [5.41, 5.74) is 7.37. The first-order chi connectivity index (χ1) is 6.75. The van der Waals surface area contributed by atoms with Gasteiger partial charge in [0.05, 0.1) is 5.92 Å². The molecule has 1 aromatic rings. The lowest BCUT2D eigenvalue weighted by atomic mass is 9.77. The second-order valence-corrected chi connectivity index (χ2v) is 3.56. The van der Waals surface area contributed by atoms with Crippen LogP contribution in [0.3, 0.4) is 0 Å². The molecule has 0 aromatic heterocycles. The van der Waals surface area contributed by atoms with E-state index < -0.39 is 0 Å². The normalized spacial score (nSPS) is 21.3. The van der Waals surface area contributed by atoms with Gasteiger partial charge in [-0.25, -0.2) is 0 Å². The molecule has 1 atom stereocenters. The maximum absolute atomic E-state index is 11.0. The molecule has 1 unspecified atom stereocenters. The zero-order chi connectivity index (χ0) is 9.71. The van der Waals surface area contributed by atoms with Gasteiger partial charge in [-0.1, -0.05) is 0 Å². The van der Waals surface area contributed by atoms with E-state index >= 15 is 0 Å². The minimum absolute atomic E-state index is 0.139. The van der Waals surface area contributed by atoms with E-state index in [4.69, 9.17) is 15.2 Å². The van der Waals surface area contributed by atoms with Crippen LogP contribution in [0.5, 0.6) is 11.5 Å². The predicted molar refractivity (Wildman–Crippen MR) is 48.2 cm³/mol. The highest BCUT2D eigenvalue weighted by molar-refractivity contribution is 5.85. The number of amides is 1. The van der Waals surface area contributed by atoms with Crippen molar-refractivity contribution in [1.82, 2.24) is 0 Å². The Morgan fingerprint density at radius 2 is 2.07 bits per heavy atom. The Labute approximate surface area is 80.6 Å². The average molecular weight is 191 g/mol. The first-order valence-corrected chi connectivity index (χ1v) is 4.47. The van der Waals surface area contributed by atoms with Gasteiger partial charge in [-0.3, -0.25) is 4.79 Å². The number of nitrogens with two attached hydrogens (primary N) is 1. The van der Waals surface area contributed by atoms with Crippen molar-refractivity contribution < 1.29 is 14.3 Å². The molecule has 0 fully saturated rings. The van der Waals surface area contributed by atoms with Crippen molar-refractivity contribution in [3.8, 4) is 11.5 Å². The Morgan fingerprint density at radius 3 is 2.79 bits per heavy atom. The standard InChI is InChI=1S/C10H9NO3/c11-10(12)7-1-5-2-8-9(3-6(5)7)14-4-13-8/h2-3,7H,1,4H2,(H2,11,12). The summed E-state index contributed by atoms with van der Waals surface area (Å²) < 4.78 is 10.4. The third-order valence-corrected chi connectivity index (χ3v) is 2.78. The number of primary amides is 1. The smallest absolute Gasteiger partial charge is 0.231 e. The molecule has 1 aliphatic carbocycles. The molecule has 2 N–H and O–H groups in total. The van der Waals surface area contributed by atoms with Crippen LogP contribution in [-0.2, 0) is 11.2 Å². The fourth-order valence-electron chi connectivity index (χ4n) is 1.95. The molecule has 2 aliphatic rings. The minimum Gasteiger partial charge on any atom is -0.454 e. The molecular formula is C10H9NO3. The van der Waals surface area contributed by atoms with Crippen LogP contribution >= 0.6 is 0 Å². The van der Waals surface area contributed by atoms with Gasteiger partial charge in [-0.15, -0.1) is 0 Å². The van der Waals surface area contributed by atoms with E-state index in [1.54, 1.807) is 0 Å². The molecule has 0 saturated heterocycles.